The molecule has 1 spiro atoms. The minimum Gasteiger partial charge on any atom is -0.456 e. The Labute approximate surface area is 358 Å². The third-order valence-electron chi connectivity index (χ3n) is 13.8. The molecule has 3 nitrogen and oxygen atoms in total. The van der Waals surface area contributed by atoms with Crippen molar-refractivity contribution in [3.63, 3.8) is 0 Å². The maximum absolute atomic E-state index is 6.86. The number of fused-ring (bicyclic) bond motifs is 17. The summed E-state index contributed by atoms with van der Waals surface area (Å²) in [5, 5.41) is 7.08. The first-order valence-electron chi connectivity index (χ1n) is 21.4. The van der Waals surface area contributed by atoms with E-state index >= 15 is 0 Å². The van der Waals surface area contributed by atoms with Crippen LogP contribution in [0, 0.1) is 0 Å². The van der Waals surface area contributed by atoms with E-state index in [0.29, 0.717) is 0 Å². The molecule has 2 aliphatic carbocycles. The molecule has 0 saturated heterocycles. The third kappa shape index (κ3) is 4.39. The van der Waals surface area contributed by atoms with Gasteiger partial charge in [0.25, 0.3) is 0 Å². The summed E-state index contributed by atoms with van der Waals surface area (Å²) in [6.45, 7) is 0. The Bertz CT molecular complexity index is 3750. The largest absolute Gasteiger partial charge is 0.456 e. The first-order chi connectivity index (χ1) is 30.8. The molecule has 62 heavy (non-hydrogen) atoms. The zero-order valence-electron chi connectivity index (χ0n) is 33.6. The van der Waals surface area contributed by atoms with E-state index in [1.54, 1.807) is 0 Å². The Hall–Kier alpha value is -8.14. The minimum atomic E-state index is -0.396. The molecular formula is C59H36N2O. The van der Waals surface area contributed by atoms with E-state index in [-0.39, 0.29) is 0 Å². The molecule has 14 rings (SSSR count). The van der Waals surface area contributed by atoms with Crippen LogP contribution >= 0.6 is 0 Å². The average molecular weight is 789 g/mol. The quantitative estimate of drug-likeness (QED) is 0.177. The van der Waals surface area contributed by atoms with Crippen molar-refractivity contribution in [2.45, 2.75) is 5.41 Å². The molecule has 0 N–H and O–H groups in total. The van der Waals surface area contributed by atoms with E-state index in [1.807, 2.05) is 0 Å². The van der Waals surface area contributed by atoms with Crippen LogP contribution in [0.15, 0.2) is 223 Å². The van der Waals surface area contributed by atoms with Gasteiger partial charge >= 0.3 is 0 Å². The summed E-state index contributed by atoms with van der Waals surface area (Å²) in [6, 6.07) is 80.2. The van der Waals surface area contributed by atoms with E-state index in [4.69, 9.17) is 4.42 Å². The second-order valence-electron chi connectivity index (χ2n) is 16.8. The molecule has 2 aromatic heterocycles. The number of rotatable bonds is 4. The van der Waals surface area contributed by atoms with Crippen molar-refractivity contribution >= 4 is 71.6 Å². The van der Waals surface area contributed by atoms with Gasteiger partial charge in [-0.05, 0) is 116 Å². The van der Waals surface area contributed by atoms with Gasteiger partial charge in [0.1, 0.15) is 11.2 Å². The van der Waals surface area contributed by atoms with Gasteiger partial charge < -0.3 is 13.9 Å². The highest BCUT2D eigenvalue weighted by Crippen LogP contribution is 2.63. The second-order valence-corrected chi connectivity index (χ2v) is 16.8. The lowest BCUT2D eigenvalue weighted by Crippen LogP contribution is -2.25. The van der Waals surface area contributed by atoms with Gasteiger partial charge in [-0.3, -0.25) is 0 Å². The summed E-state index contributed by atoms with van der Waals surface area (Å²) in [5.74, 6) is 0. The molecule has 10 aromatic carbocycles. The summed E-state index contributed by atoms with van der Waals surface area (Å²) in [6.07, 6.45) is 0. The van der Waals surface area contributed by atoms with Gasteiger partial charge in [-0.2, -0.15) is 0 Å². The summed E-state index contributed by atoms with van der Waals surface area (Å²) in [4.78, 5) is 2.40. The first kappa shape index (κ1) is 33.7. The average Bonchev–Trinajstić information content (AvgIpc) is 4.05. The van der Waals surface area contributed by atoms with Crippen LogP contribution in [0.25, 0.3) is 82.5 Å². The van der Waals surface area contributed by atoms with E-state index in [2.05, 4.69) is 228 Å². The van der Waals surface area contributed by atoms with Crippen molar-refractivity contribution in [3.8, 4) is 27.9 Å². The molecule has 288 valence electrons. The molecule has 3 heteroatoms. The Morgan fingerprint density at radius 2 is 0.887 bits per heavy atom. The molecular weight excluding hydrogens is 753 g/mol. The lowest BCUT2D eigenvalue weighted by molar-refractivity contribution is 0.669. The highest BCUT2D eigenvalue weighted by Gasteiger charge is 2.51. The first-order valence-corrected chi connectivity index (χ1v) is 21.4. The Kier molecular flexibility index (Phi) is 6.76. The van der Waals surface area contributed by atoms with Crippen LogP contribution in [-0.4, -0.2) is 4.57 Å². The van der Waals surface area contributed by atoms with Gasteiger partial charge in [-0.1, -0.05) is 152 Å². The molecule has 2 heterocycles. The number of hydrogen-bond donors (Lipinski definition) is 0. The lowest BCUT2D eigenvalue weighted by atomic mass is 9.70. The van der Waals surface area contributed by atoms with Crippen molar-refractivity contribution in [2.75, 3.05) is 4.90 Å². The maximum Gasteiger partial charge on any atom is 0.137 e. The van der Waals surface area contributed by atoms with Crippen LogP contribution in [-0.2, 0) is 5.41 Å². The number of nitrogens with zero attached hydrogens (tertiary/aromatic N) is 2. The predicted octanol–water partition coefficient (Wildman–Crippen LogP) is 15.6. The monoisotopic (exact) mass is 788 g/mol. The minimum absolute atomic E-state index is 0.396. The van der Waals surface area contributed by atoms with Gasteiger partial charge in [0.2, 0.25) is 0 Å². The van der Waals surface area contributed by atoms with Crippen LogP contribution in [0.2, 0.25) is 0 Å². The summed E-state index contributed by atoms with van der Waals surface area (Å²) in [5.41, 5.74) is 18.5. The van der Waals surface area contributed by atoms with Crippen LogP contribution < -0.4 is 4.90 Å². The molecule has 0 unspecified atom stereocenters. The highest BCUT2D eigenvalue weighted by molar-refractivity contribution is 6.15. The van der Waals surface area contributed by atoms with Crippen molar-refractivity contribution < 1.29 is 4.42 Å². The number of para-hydroxylation sites is 2. The molecule has 0 fully saturated rings. The number of benzene rings is 10. The highest BCUT2D eigenvalue weighted by atomic mass is 16.3. The van der Waals surface area contributed by atoms with Gasteiger partial charge in [0.15, 0.2) is 0 Å². The van der Waals surface area contributed by atoms with Gasteiger partial charge in [-0.25, -0.2) is 0 Å². The zero-order valence-corrected chi connectivity index (χ0v) is 33.6. The number of aromatic nitrogens is 1. The summed E-state index contributed by atoms with van der Waals surface area (Å²) < 4.78 is 9.25. The fourth-order valence-corrected chi connectivity index (χ4v) is 11.3. The summed E-state index contributed by atoms with van der Waals surface area (Å²) in [7, 11) is 0. The fourth-order valence-electron chi connectivity index (χ4n) is 11.3. The van der Waals surface area contributed by atoms with Crippen LogP contribution in [0.1, 0.15) is 22.3 Å². The maximum atomic E-state index is 6.86. The molecule has 0 bridgehead atoms. The molecule has 0 saturated carbocycles. The van der Waals surface area contributed by atoms with E-state index in [9.17, 15) is 0 Å². The molecule has 2 aliphatic rings. The van der Waals surface area contributed by atoms with Crippen molar-refractivity contribution in [1.82, 2.24) is 4.57 Å². The van der Waals surface area contributed by atoms with Crippen LogP contribution in [0.4, 0.5) is 17.1 Å². The number of hydrogen-bond acceptors (Lipinski definition) is 2. The Morgan fingerprint density at radius 1 is 0.355 bits per heavy atom. The lowest BCUT2D eigenvalue weighted by Gasteiger charge is -2.31. The van der Waals surface area contributed by atoms with Crippen molar-refractivity contribution in [1.29, 1.82) is 0 Å². The Balaban J connectivity index is 0.992. The van der Waals surface area contributed by atoms with Gasteiger partial charge in [0, 0.05) is 39.3 Å². The van der Waals surface area contributed by atoms with Crippen molar-refractivity contribution in [2.24, 2.45) is 0 Å². The topological polar surface area (TPSA) is 21.3 Å². The standard InChI is InChI=1S/C59H36N2O/c1-2-15-38-34-39(29-28-37(38)14-1)60(40-31-33-52-48(35-40)44-18-5-10-23-51(44)59(52)49-21-8-3-16-42(49)43-17-4-9-22-50(43)59)41-30-32-47-57(36-41)62-56-27-13-26-55(58(47)56)61-53-24-11-6-19-45(53)46-20-7-12-25-54(46)61/h1-36H. The fraction of sp³-hybridized carbons (Fsp3) is 0.0169. The number of furan rings is 1. The molecule has 0 aliphatic heterocycles. The van der Waals surface area contributed by atoms with E-state index in [1.165, 1.54) is 77.1 Å². The number of anilines is 3. The SMILES string of the molecule is c1ccc2c(c1)-c1ccccc1C21c2ccccc2-c2cc(N(c3ccc4ccccc4c3)c3ccc4c(c3)oc3cccc(-n5c6ccccc6c6ccccc65)c34)ccc21. The predicted molar refractivity (Wildman–Crippen MR) is 257 cm³/mol. The normalized spacial score (nSPS) is 13.3. The van der Waals surface area contributed by atoms with E-state index < -0.39 is 5.41 Å². The van der Waals surface area contributed by atoms with E-state index in [0.717, 1.165) is 44.7 Å². The molecule has 0 amide bonds. The molecule has 12 aromatic rings. The third-order valence-corrected chi connectivity index (χ3v) is 13.8. The van der Waals surface area contributed by atoms with Gasteiger partial charge in [0.05, 0.1) is 27.5 Å². The van der Waals surface area contributed by atoms with Gasteiger partial charge in [-0.15, -0.1) is 0 Å². The second kappa shape index (κ2) is 12.4. The molecule has 0 radical (unpaired) electrons. The zero-order chi connectivity index (χ0) is 40.5. The van der Waals surface area contributed by atoms with Crippen molar-refractivity contribution in [3.05, 3.63) is 241 Å². The Morgan fingerprint density at radius 3 is 1.60 bits per heavy atom. The van der Waals surface area contributed by atoms with Crippen LogP contribution in [0.3, 0.4) is 0 Å². The molecule has 0 atom stereocenters. The summed E-state index contributed by atoms with van der Waals surface area (Å²) >= 11 is 0. The smallest absolute Gasteiger partial charge is 0.137 e. The van der Waals surface area contributed by atoms with Crippen LogP contribution in [0.5, 0.6) is 0 Å².